The number of ether oxygens (including phenoxy) is 2. The SMILES string of the molecule is COc1ccccc1O[C@@H](C)C(=O)NCc1ccco1. The summed E-state index contributed by atoms with van der Waals surface area (Å²) in [7, 11) is 1.56. The molecule has 1 amide bonds. The highest BCUT2D eigenvalue weighted by Crippen LogP contribution is 2.26. The fraction of sp³-hybridized carbons (Fsp3) is 0.267. The molecule has 1 aromatic carbocycles. The maximum absolute atomic E-state index is 11.9. The second-order valence-corrected chi connectivity index (χ2v) is 4.21. The zero-order valence-electron chi connectivity index (χ0n) is 11.5. The van der Waals surface area contributed by atoms with Crippen LogP contribution < -0.4 is 14.8 Å². The van der Waals surface area contributed by atoms with Crippen molar-refractivity contribution in [1.82, 2.24) is 5.32 Å². The number of carbonyl (C=O) groups excluding carboxylic acids is 1. The smallest absolute Gasteiger partial charge is 0.261 e. The first-order valence-corrected chi connectivity index (χ1v) is 6.30. The van der Waals surface area contributed by atoms with Gasteiger partial charge in [-0.2, -0.15) is 0 Å². The summed E-state index contributed by atoms with van der Waals surface area (Å²) in [5.41, 5.74) is 0. The van der Waals surface area contributed by atoms with E-state index in [1.54, 1.807) is 44.6 Å². The third-order valence-corrected chi connectivity index (χ3v) is 2.76. The molecular weight excluding hydrogens is 258 g/mol. The van der Waals surface area contributed by atoms with Gasteiger partial charge in [-0.1, -0.05) is 12.1 Å². The number of amides is 1. The van der Waals surface area contributed by atoms with E-state index in [1.165, 1.54) is 0 Å². The van der Waals surface area contributed by atoms with E-state index in [9.17, 15) is 4.79 Å². The highest BCUT2D eigenvalue weighted by atomic mass is 16.5. The lowest BCUT2D eigenvalue weighted by Gasteiger charge is -2.16. The Balaban J connectivity index is 1.90. The monoisotopic (exact) mass is 275 g/mol. The Labute approximate surface area is 117 Å². The first kappa shape index (κ1) is 14.0. The number of rotatable bonds is 6. The Bertz CT molecular complexity index is 551. The zero-order valence-corrected chi connectivity index (χ0v) is 11.5. The summed E-state index contributed by atoms with van der Waals surface area (Å²) >= 11 is 0. The lowest BCUT2D eigenvalue weighted by Crippen LogP contribution is -2.35. The molecule has 2 rings (SSSR count). The molecule has 0 bridgehead atoms. The number of benzene rings is 1. The second-order valence-electron chi connectivity index (χ2n) is 4.21. The topological polar surface area (TPSA) is 60.7 Å². The van der Waals surface area contributed by atoms with Crippen molar-refractivity contribution < 1.29 is 18.7 Å². The van der Waals surface area contributed by atoms with E-state index in [4.69, 9.17) is 13.9 Å². The summed E-state index contributed by atoms with van der Waals surface area (Å²) in [6.07, 6.45) is 0.942. The van der Waals surface area contributed by atoms with Crippen LogP contribution in [0.2, 0.25) is 0 Å². The number of methoxy groups -OCH3 is 1. The van der Waals surface area contributed by atoms with Gasteiger partial charge in [0, 0.05) is 0 Å². The molecule has 0 radical (unpaired) electrons. The maximum atomic E-state index is 11.9. The van der Waals surface area contributed by atoms with Crippen LogP contribution in [-0.2, 0) is 11.3 Å². The van der Waals surface area contributed by atoms with Crippen molar-refractivity contribution in [1.29, 1.82) is 0 Å². The van der Waals surface area contributed by atoms with Crippen LogP contribution in [0.1, 0.15) is 12.7 Å². The Kier molecular flexibility index (Phi) is 4.65. The molecule has 0 spiro atoms. The highest BCUT2D eigenvalue weighted by Gasteiger charge is 2.16. The van der Waals surface area contributed by atoms with Crippen LogP contribution in [0.4, 0.5) is 0 Å². The summed E-state index contributed by atoms with van der Waals surface area (Å²) in [5, 5.41) is 2.74. The van der Waals surface area contributed by atoms with Gasteiger partial charge in [0.1, 0.15) is 5.76 Å². The van der Waals surface area contributed by atoms with Crippen molar-refractivity contribution in [3.8, 4) is 11.5 Å². The van der Waals surface area contributed by atoms with Crippen molar-refractivity contribution in [2.45, 2.75) is 19.6 Å². The lowest BCUT2D eigenvalue weighted by molar-refractivity contribution is -0.127. The lowest BCUT2D eigenvalue weighted by atomic mass is 10.3. The van der Waals surface area contributed by atoms with Crippen LogP contribution in [0.25, 0.3) is 0 Å². The molecule has 2 aromatic rings. The number of carbonyl (C=O) groups is 1. The molecule has 0 unspecified atom stereocenters. The van der Waals surface area contributed by atoms with Gasteiger partial charge in [-0.25, -0.2) is 0 Å². The fourth-order valence-corrected chi connectivity index (χ4v) is 1.69. The minimum Gasteiger partial charge on any atom is -0.493 e. The molecule has 0 aliphatic rings. The predicted molar refractivity (Wildman–Crippen MR) is 73.6 cm³/mol. The van der Waals surface area contributed by atoms with Gasteiger partial charge >= 0.3 is 0 Å². The Hall–Kier alpha value is -2.43. The van der Waals surface area contributed by atoms with Gasteiger partial charge < -0.3 is 19.2 Å². The number of nitrogens with one attached hydrogen (secondary N) is 1. The first-order chi connectivity index (χ1) is 9.70. The average molecular weight is 275 g/mol. The molecule has 1 heterocycles. The Morgan fingerprint density at radius 3 is 2.65 bits per heavy atom. The standard InChI is InChI=1S/C15H17NO4/c1-11(15(17)16-10-12-6-5-9-19-12)20-14-8-4-3-7-13(14)18-2/h3-9,11H,10H2,1-2H3,(H,16,17)/t11-/m0/s1. The van der Waals surface area contributed by atoms with E-state index in [2.05, 4.69) is 5.32 Å². The number of para-hydroxylation sites is 2. The van der Waals surface area contributed by atoms with Gasteiger partial charge in [0.05, 0.1) is 19.9 Å². The van der Waals surface area contributed by atoms with Crippen LogP contribution in [-0.4, -0.2) is 19.1 Å². The Morgan fingerprint density at radius 2 is 2.00 bits per heavy atom. The molecule has 1 atom stereocenters. The van der Waals surface area contributed by atoms with Gasteiger partial charge in [0.15, 0.2) is 17.6 Å². The minimum atomic E-state index is -0.624. The number of hydrogen-bond donors (Lipinski definition) is 1. The van der Waals surface area contributed by atoms with Crippen LogP contribution in [0.5, 0.6) is 11.5 Å². The second kappa shape index (κ2) is 6.65. The molecule has 0 aliphatic carbocycles. The predicted octanol–water partition coefficient (Wildman–Crippen LogP) is 2.37. The van der Waals surface area contributed by atoms with E-state index in [-0.39, 0.29) is 5.91 Å². The van der Waals surface area contributed by atoms with Crippen molar-refractivity contribution >= 4 is 5.91 Å². The van der Waals surface area contributed by atoms with Gasteiger partial charge in [-0.3, -0.25) is 4.79 Å². The van der Waals surface area contributed by atoms with Gasteiger partial charge in [0.25, 0.3) is 5.91 Å². The molecule has 1 aromatic heterocycles. The zero-order chi connectivity index (χ0) is 14.4. The molecule has 5 nitrogen and oxygen atoms in total. The first-order valence-electron chi connectivity index (χ1n) is 6.30. The summed E-state index contributed by atoms with van der Waals surface area (Å²) in [6, 6.07) is 10.8. The third kappa shape index (κ3) is 3.54. The Morgan fingerprint density at radius 1 is 1.25 bits per heavy atom. The van der Waals surface area contributed by atoms with Crippen molar-refractivity contribution in [3.63, 3.8) is 0 Å². The molecular formula is C15H17NO4. The molecule has 106 valence electrons. The van der Waals surface area contributed by atoms with Gasteiger partial charge in [-0.05, 0) is 31.2 Å². The number of hydrogen-bond acceptors (Lipinski definition) is 4. The van der Waals surface area contributed by atoms with Gasteiger partial charge in [-0.15, -0.1) is 0 Å². The summed E-state index contributed by atoms with van der Waals surface area (Å²) in [6.45, 7) is 2.02. The third-order valence-electron chi connectivity index (χ3n) is 2.76. The van der Waals surface area contributed by atoms with Crippen LogP contribution in [0.15, 0.2) is 47.1 Å². The molecule has 1 N–H and O–H groups in total. The van der Waals surface area contributed by atoms with E-state index < -0.39 is 6.10 Å². The van der Waals surface area contributed by atoms with Crippen LogP contribution >= 0.6 is 0 Å². The summed E-state index contributed by atoms with van der Waals surface area (Å²) < 4.78 is 15.9. The van der Waals surface area contributed by atoms with Crippen LogP contribution in [0, 0.1) is 0 Å². The van der Waals surface area contributed by atoms with Gasteiger partial charge in [0.2, 0.25) is 0 Å². The van der Waals surface area contributed by atoms with E-state index >= 15 is 0 Å². The minimum absolute atomic E-state index is 0.215. The van der Waals surface area contributed by atoms with Crippen molar-refractivity contribution in [3.05, 3.63) is 48.4 Å². The van der Waals surface area contributed by atoms with E-state index in [0.29, 0.717) is 23.8 Å². The summed E-state index contributed by atoms with van der Waals surface area (Å²) in [5.74, 6) is 1.61. The molecule has 0 fully saturated rings. The van der Waals surface area contributed by atoms with E-state index in [1.807, 2.05) is 12.1 Å². The summed E-state index contributed by atoms with van der Waals surface area (Å²) in [4.78, 5) is 11.9. The molecule has 20 heavy (non-hydrogen) atoms. The van der Waals surface area contributed by atoms with E-state index in [0.717, 1.165) is 0 Å². The fourth-order valence-electron chi connectivity index (χ4n) is 1.69. The largest absolute Gasteiger partial charge is 0.493 e. The normalized spacial score (nSPS) is 11.7. The van der Waals surface area contributed by atoms with Crippen molar-refractivity contribution in [2.24, 2.45) is 0 Å². The quantitative estimate of drug-likeness (QED) is 0.879. The number of furan rings is 1. The molecule has 0 saturated carbocycles. The van der Waals surface area contributed by atoms with Crippen molar-refractivity contribution in [2.75, 3.05) is 7.11 Å². The average Bonchev–Trinajstić information content (AvgIpc) is 2.98. The molecule has 0 aliphatic heterocycles. The maximum Gasteiger partial charge on any atom is 0.261 e. The van der Waals surface area contributed by atoms with Crippen LogP contribution in [0.3, 0.4) is 0 Å². The highest BCUT2D eigenvalue weighted by molar-refractivity contribution is 5.80. The molecule has 5 heteroatoms. The molecule has 0 saturated heterocycles.